The lowest BCUT2D eigenvalue weighted by Gasteiger charge is -2.00. The van der Waals surface area contributed by atoms with Crippen molar-refractivity contribution in [2.24, 2.45) is 0 Å². The molecule has 23 heavy (non-hydrogen) atoms. The van der Waals surface area contributed by atoms with E-state index in [9.17, 15) is 4.79 Å². The zero-order chi connectivity index (χ0) is 16.3. The van der Waals surface area contributed by atoms with Gasteiger partial charge in [0.1, 0.15) is 5.78 Å². The number of aromatic nitrogens is 1. The maximum absolute atomic E-state index is 11.9. The topological polar surface area (TPSA) is 32.9 Å². The van der Waals surface area contributed by atoms with Crippen molar-refractivity contribution in [2.45, 2.75) is 51.9 Å². The number of aromatic amines is 1. The van der Waals surface area contributed by atoms with Crippen LogP contribution in [0.1, 0.15) is 51.0 Å². The van der Waals surface area contributed by atoms with Crippen LogP contribution in [0.5, 0.6) is 0 Å². The van der Waals surface area contributed by atoms with E-state index in [4.69, 9.17) is 0 Å². The van der Waals surface area contributed by atoms with Crippen molar-refractivity contribution in [3.63, 3.8) is 0 Å². The van der Waals surface area contributed by atoms with Gasteiger partial charge in [-0.15, -0.1) is 0 Å². The van der Waals surface area contributed by atoms with E-state index in [0.29, 0.717) is 18.6 Å². The molecule has 122 valence electrons. The van der Waals surface area contributed by atoms with E-state index in [1.807, 2.05) is 6.07 Å². The van der Waals surface area contributed by atoms with E-state index in [2.05, 4.69) is 60.6 Å². The van der Waals surface area contributed by atoms with E-state index >= 15 is 0 Å². The Balaban J connectivity index is 1.64. The number of carbonyl (C=O) groups is 1. The minimum atomic E-state index is 0.374. The number of rotatable bonds is 10. The molecule has 2 heteroatoms. The molecule has 2 rings (SSSR count). The zero-order valence-corrected chi connectivity index (χ0v) is 14.1. The fraction of sp³-hybridized carbons (Fsp3) is 0.381. The van der Waals surface area contributed by atoms with Gasteiger partial charge in [0.15, 0.2) is 0 Å². The molecule has 0 radical (unpaired) electrons. The highest BCUT2D eigenvalue weighted by atomic mass is 16.1. The minimum Gasteiger partial charge on any atom is -0.361 e. The number of fused-ring (bicyclic) bond motifs is 1. The van der Waals surface area contributed by atoms with E-state index in [1.54, 1.807) is 0 Å². The van der Waals surface area contributed by atoms with Gasteiger partial charge in [-0.25, -0.2) is 0 Å². The van der Waals surface area contributed by atoms with Crippen LogP contribution in [0, 0.1) is 0 Å². The molecule has 0 saturated heterocycles. The van der Waals surface area contributed by atoms with Crippen LogP contribution in [-0.2, 0) is 11.2 Å². The third kappa shape index (κ3) is 5.90. The number of nitrogens with one attached hydrogen (secondary N) is 1. The van der Waals surface area contributed by atoms with E-state index in [0.717, 1.165) is 32.1 Å². The summed E-state index contributed by atoms with van der Waals surface area (Å²) in [6, 6.07) is 8.33. The average Bonchev–Trinajstić information content (AvgIpc) is 2.97. The molecule has 0 bridgehead atoms. The van der Waals surface area contributed by atoms with Crippen LogP contribution < -0.4 is 0 Å². The van der Waals surface area contributed by atoms with Crippen molar-refractivity contribution < 1.29 is 4.79 Å². The van der Waals surface area contributed by atoms with Crippen LogP contribution in [0.4, 0.5) is 0 Å². The Morgan fingerprint density at radius 2 is 1.91 bits per heavy atom. The predicted molar refractivity (Wildman–Crippen MR) is 98.7 cm³/mol. The second-order valence-electron chi connectivity index (χ2n) is 5.88. The molecule has 0 saturated carbocycles. The molecule has 0 aliphatic rings. The molecule has 0 aliphatic heterocycles. The van der Waals surface area contributed by atoms with E-state index in [-0.39, 0.29) is 0 Å². The van der Waals surface area contributed by atoms with Crippen molar-refractivity contribution in [2.75, 3.05) is 0 Å². The number of H-pyrrole nitrogens is 1. The number of Topliss-reactive ketones (excluding diaryl/α,β-unsaturated/α-hetero) is 1. The van der Waals surface area contributed by atoms with Gasteiger partial charge in [-0.05, 0) is 43.7 Å². The lowest BCUT2D eigenvalue weighted by atomic mass is 10.0. The van der Waals surface area contributed by atoms with Gasteiger partial charge in [-0.2, -0.15) is 0 Å². The number of hydrogen-bond donors (Lipinski definition) is 1. The maximum Gasteiger partial charge on any atom is 0.133 e. The van der Waals surface area contributed by atoms with Gasteiger partial charge in [-0.1, -0.05) is 49.4 Å². The van der Waals surface area contributed by atoms with Crippen LogP contribution >= 0.6 is 0 Å². The van der Waals surface area contributed by atoms with Crippen LogP contribution in [0.15, 0.2) is 54.8 Å². The number of allylic oxidation sites excluding steroid dienone is 4. The van der Waals surface area contributed by atoms with Crippen LogP contribution in [0.25, 0.3) is 10.9 Å². The highest BCUT2D eigenvalue weighted by Crippen LogP contribution is 2.19. The Morgan fingerprint density at radius 1 is 1.09 bits per heavy atom. The second kappa shape index (κ2) is 9.83. The molecule has 2 aromatic rings. The fourth-order valence-corrected chi connectivity index (χ4v) is 2.74. The van der Waals surface area contributed by atoms with Gasteiger partial charge < -0.3 is 4.98 Å². The summed E-state index contributed by atoms with van der Waals surface area (Å²) in [5.41, 5.74) is 2.49. The van der Waals surface area contributed by atoms with E-state index in [1.165, 1.54) is 16.5 Å². The molecule has 0 fully saturated rings. The molecular formula is C21H27NO. The lowest BCUT2D eigenvalue weighted by molar-refractivity contribution is -0.119. The third-order valence-electron chi connectivity index (χ3n) is 4.01. The summed E-state index contributed by atoms with van der Waals surface area (Å²) in [6.07, 6.45) is 16.9. The summed E-state index contributed by atoms with van der Waals surface area (Å²) in [5, 5.41) is 1.28. The molecule has 0 atom stereocenters. The maximum atomic E-state index is 11.9. The molecule has 0 unspecified atom stereocenters. The smallest absolute Gasteiger partial charge is 0.133 e. The molecule has 1 aromatic carbocycles. The highest BCUT2D eigenvalue weighted by molar-refractivity contribution is 5.83. The number of para-hydroxylation sites is 1. The summed E-state index contributed by atoms with van der Waals surface area (Å²) in [6.45, 7) is 2.13. The van der Waals surface area contributed by atoms with Crippen molar-refractivity contribution in [1.29, 1.82) is 0 Å². The Morgan fingerprint density at radius 3 is 2.78 bits per heavy atom. The molecule has 0 aliphatic carbocycles. The van der Waals surface area contributed by atoms with Crippen LogP contribution in [-0.4, -0.2) is 10.8 Å². The van der Waals surface area contributed by atoms with Gasteiger partial charge in [0.05, 0.1) is 0 Å². The normalized spacial score (nSPS) is 11.9. The Hall–Kier alpha value is -2.09. The molecule has 1 heterocycles. The summed E-state index contributed by atoms with van der Waals surface area (Å²) < 4.78 is 0. The summed E-state index contributed by atoms with van der Waals surface area (Å²) in [4.78, 5) is 15.2. The molecule has 1 N–H and O–H groups in total. The van der Waals surface area contributed by atoms with Gasteiger partial charge >= 0.3 is 0 Å². The highest BCUT2D eigenvalue weighted by Gasteiger charge is 2.05. The van der Waals surface area contributed by atoms with Crippen molar-refractivity contribution in [3.8, 4) is 0 Å². The fourth-order valence-electron chi connectivity index (χ4n) is 2.74. The van der Waals surface area contributed by atoms with Crippen LogP contribution in [0.3, 0.4) is 0 Å². The minimum absolute atomic E-state index is 0.374. The van der Waals surface area contributed by atoms with Crippen LogP contribution in [0.2, 0.25) is 0 Å². The number of benzene rings is 1. The third-order valence-corrected chi connectivity index (χ3v) is 4.01. The molecule has 0 spiro atoms. The average molecular weight is 309 g/mol. The first kappa shape index (κ1) is 17.3. The Kier molecular flexibility index (Phi) is 7.38. The Bertz CT molecular complexity index is 663. The molecule has 1 aromatic heterocycles. The number of aryl methyl sites for hydroxylation is 1. The van der Waals surface area contributed by atoms with E-state index < -0.39 is 0 Å². The van der Waals surface area contributed by atoms with Gasteiger partial charge in [0.25, 0.3) is 0 Å². The van der Waals surface area contributed by atoms with Gasteiger partial charge in [0.2, 0.25) is 0 Å². The largest absolute Gasteiger partial charge is 0.361 e. The lowest BCUT2D eigenvalue weighted by Crippen LogP contribution is -1.98. The summed E-state index contributed by atoms with van der Waals surface area (Å²) in [7, 11) is 0. The molecular weight excluding hydrogens is 282 g/mol. The van der Waals surface area contributed by atoms with Gasteiger partial charge in [-0.3, -0.25) is 4.79 Å². The zero-order valence-electron chi connectivity index (χ0n) is 14.1. The van der Waals surface area contributed by atoms with Crippen molar-refractivity contribution >= 4 is 16.7 Å². The molecule has 0 amide bonds. The monoisotopic (exact) mass is 309 g/mol. The number of hydrogen-bond acceptors (Lipinski definition) is 1. The number of carbonyl (C=O) groups excluding carboxylic acids is 1. The summed E-state index contributed by atoms with van der Waals surface area (Å²) >= 11 is 0. The summed E-state index contributed by atoms with van der Waals surface area (Å²) in [5.74, 6) is 0.374. The SMILES string of the molecule is CC/C=C\C/C=C\CCC(=O)CCCc1c[nH]c2ccccc12. The predicted octanol–water partition coefficient (Wildman–Crippen LogP) is 5.75. The first-order chi connectivity index (χ1) is 11.3. The standard InChI is InChI=1S/C21H27NO/c1-2-3-4-5-6-7-8-13-19(23)14-11-12-18-17-22-21-16-10-9-15-20(18)21/h3-4,6-7,9-10,15-17,22H,2,5,8,11-14H2,1H3/b4-3-,7-6-. The van der Waals surface area contributed by atoms with Crippen molar-refractivity contribution in [3.05, 3.63) is 60.3 Å². The number of ketones is 1. The first-order valence-corrected chi connectivity index (χ1v) is 8.68. The first-order valence-electron chi connectivity index (χ1n) is 8.68. The van der Waals surface area contributed by atoms with Gasteiger partial charge in [0, 0.05) is 29.9 Å². The Labute approximate surface area is 139 Å². The van der Waals surface area contributed by atoms with Crippen molar-refractivity contribution in [1.82, 2.24) is 4.98 Å². The quantitative estimate of drug-likeness (QED) is 0.557. The second-order valence-corrected chi connectivity index (χ2v) is 5.88. The molecule has 2 nitrogen and oxygen atoms in total.